The molecule has 2 aliphatic rings. The molecule has 2 aliphatic carbocycles. The van der Waals surface area contributed by atoms with Gasteiger partial charge in [-0.15, -0.1) is 0 Å². The van der Waals surface area contributed by atoms with Gasteiger partial charge in [-0.25, -0.2) is 0 Å². The Bertz CT molecular complexity index is 741. The van der Waals surface area contributed by atoms with Crippen molar-refractivity contribution in [3.8, 4) is 0 Å². The van der Waals surface area contributed by atoms with E-state index in [-0.39, 0.29) is 12.6 Å². The zero-order valence-electron chi connectivity index (χ0n) is 24.8. The van der Waals surface area contributed by atoms with Crippen molar-refractivity contribution >= 4 is 5.97 Å². The number of carbonyl (C=O) groups excluding carboxylic acids is 1. The molecule has 216 valence electrons. The summed E-state index contributed by atoms with van der Waals surface area (Å²) in [5.41, 5.74) is 3.03. The maximum atomic E-state index is 11.5. The highest BCUT2D eigenvalue weighted by atomic mass is 16.5. The topological polar surface area (TPSA) is 46.5 Å². The molecule has 0 bridgehead atoms. The van der Waals surface area contributed by atoms with E-state index in [0.29, 0.717) is 24.9 Å². The molecular formula is C35H58O3. The number of hydrogen-bond donors (Lipinski definition) is 1. The molecule has 3 heteroatoms. The van der Waals surface area contributed by atoms with Gasteiger partial charge in [0.05, 0.1) is 6.61 Å². The Hall–Kier alpha value is -1.35. The number of unbranched alkanes of at least 4 members (excludes halogenated alkanes) is 3. The standard InChI is InChI=1S/C35H58O3/c1-3-5-6-9-28-12-14-29(15-13-28)10-7-8-11-30-16-18-31(19-17-30)32-20-22-33(23-21-32)34(24-26-36)25-27-38-35(37)4-2/h12-15,30-34,36H,3-11,16-27H2,1-2H3. The van der Waals surface area contributed by atoms with Crippen molar-refractivity contribution in [2.75, 3.05) is 13.2 Å². The van der Waals surface area contributed by atoms with Crippen LogP contribution in [-0.2, 0) is 22.4 Å². The molecule has 0 spiro atoms. The first-order valence-corrected chi connectivity index (χ1v) is 16.5. The number of esters is 1. The van der Waals surface area contributed by atoms with E-state index in [4.69, 9.17) is 4.74 Å². The molecule has 0 amide bonds. The van der Waals surface area contributed by atoms with Crippen molar-refractivity contribution in [2.24, 2.45) is 29.6 Å². The highest BCUT2D eigenvalue weighted by molar-refractivity contribution is 5.68. The molecule has 0 radical (unpaired) electrons. The number of aliphatic hydroxyl groups excluding tert-OH is 1. The lowest BCUT2D eigenvalue weighted by atomic mass is 9.66. The third kappa shape index (κ3) is 11.0. The van der Waals surface area contributed by atoms with Gasteiger partial charge in [0, 0.05) is 13.0 Å². The monoisotopic (exact) mass is 526 g/mol. The molecule has 2 saturated carbocycles. The number of hydrogen-bond acceptors (Lipinski definition) is 3. The minimum Gasteiger partial charge on any atom is -0.466 e. The van der Waals surface area contributed by atoms with Crippen LogP contribution in [0.5, 0.6) is 0 Å². The van der Waals surface area contributed by atoms with Gasteiger partial charge in [-0.05, 0) is 118 Å². The van der Waals surface area contributed by atoms with E-state index in [2.05, 4.69) is 31.2 Å². The Morgan fingerprint density at radius 2 is 1.39 bits per heavy atom. The van der Waals surface area contributed by atoms with Crippen molar-refractivity contribution in [2.45, 2.75) is 136 Å². The third-order valence-electron chi connectivity index (χ3n) is 10.0. The minimum absolute atomic E-state index is 0.102. The fourth-order valence-corrected chi connectivity index (χ4v) is 7.46. The summed E-state index contributed by atoms with van der Waals surface area (Å²) in [7, 11) is 0. The summed E-state index contributed by atoms with van der Waals surface area (Å²) in [5.74, 6) is 3.94. The number of benzene rings is 1. The van der Waals surface area contributed by atoms with Gasteiger partial charge >= 0.3 is 5.97 Å². The Morgan fingerprint density at radius 1 is 0.816 bits per heavy atom. The van der Waals surface area contributed by atoms with Gasteiger partial charge in [0.2, 0.25) is 0 Å². The van der Waals surface area contributed by atoms with Crippen molar-refractivity contribution in [1.82, 2.24) is 0 Å². The first kappa shape index (κ1) is 31.2. The van der Waals surface area contributed by atoms with E-state index in [1.807, 2.05) is 6.92 Å². The quantitative estimate of drug-likeness (QED) is 0.163. The second kappa shape index (κ2) is 18.1. The zero-order chi connectivity index (χ0) is 27.0. The molecule has 0 aliphatic heterocycles. The molecule has 1 atom stereocenters. The highest BCUT2D eigenvalue weighted by Gasteiger charge is 2.33. The van der Waals surface area contributed by atoms with Gasteiger partial charge in [0.15, 0.2) is 0 Å². The minimum atomic E-state index is -0.102. The van der Waals surface area contributed by atoms with E-state index >= 15 is 0 Å². The summed E-state index contributed by atoms with van der Waals surface area (Å²) in [6, 6.07) is 9.45. The Balaban J connectivity index is 1.27. The predicted molar refractivity (Wildman–Crippen MR) is 159 cm³/mol. The van der Waals surface area contributed by atoms with Crippen LogP contribution in [0.4, 0.5) is 0 Å². The van der Waals surface area contributed by atoms with Crippen molar-refractivity contribution in [3.63, 3.8) is 0 Å². The Labute approximate surface area is 234 Å². The summed E-state index contributed by atoms with van der Waals surface area (Å²) >= 11 is 0. The lowest BCUT2D eigenvalue weighted by molar-refractivity contribution is -0.143. The van der Waals surface area contributed by atoms with E-state index in [0.717, 1.165) is 30.6 Å². The molecule has 1 aromatic carbocycles. The molecular weight excluding hydrogens is 468 g/mol. The molecule has 3 rings (SSSR count). The second-order valence-electron chi connectivity index (χ2n) is 12.6. The van der Waals surface area contributed by atoms with Crippen LogP contribution in [0.1, 0.15) is 134 Å². The molecule has 1 N–H and O–H groups in total. The highest BCUT2D eigenvalue weighted by Crippen LogP contribution is 2.44. The van der Waals surface area contributed by atoms with Gasteiger partial charge in [-0.2, -0.15) is 0 Å². The summed E-state index contributed by atoms with van der Waals surface area (Å²) in [6.07, 6.45) is 24.0. The van der Waals surface area contributed by atoms with E-state index in [1.165, 1.54) is 114 Å². The van der Waals surface area contributed by atoms with Gasteiger partial charge < -0.3 is 9.84 Å². The van der Waals surface area contributed by atoms with Crippen LogP contribution in [0.3, 0.4) is 0 Å². The molecule has 2 fully saturated rings. The van der Waals surface area contributed by atoms with Crippen molar-refractivity contribution < 1.29 is 14.6 Å². The lowest BCUT2D eigenvalue weighted by Crippen LogP contribution is -2.29. The van der Waals surface area contributed by atoms with Gasteiger partial charge in [-0.1, -0.05) is 76.6 Å². The fraction of sp³-hybridized carbons (Fsp3) is 0.800. The number of aryl methyl sites for hydroxylation is 2. The van der Waals surface area contributed by atoms with Crippen LogP contribution in [-0.4, -0.2) is 24.3 Å². The number of aliphatic hydroxyl groups is 1. The van der Waals surface area contributed by atoms with Crippen LogP contribution < -0.4 is 0 Å². The fourth-order valence-electron chi connectivity index (χ4n) is 7.46. The average molecular weight is 527 g/mol. The van der Waals surface area contributed by atoms with Gasteiger partial charge in [-0.3, -0.25) is 4.79 Å². The van der Waals surface area contributed by atoms with E-state index < -0.39 is 0 Å². The van der Waals surface area contributed by atoms with Crippen LogP contribution in [0.25, 0.3) is 0 Å². The van der Waals surface area contributed by atoms with Gasteiger partial charge in [0.25, 0.3) is 0 Å². The largest absolute Gasteiger partial charge is 0.466 e. The molecule has 0 saturated heterocycles. The summed E-state index contributed by atoms with van der Waals surface area (Å²) in [5, 5.41) is 9.57. The molecule has 0 heterocycles. The first-order chi connectivity index (χ1) is 18.6. The Morgan fingerprint density at radius 3 is 1.95 bits per heavy atom. The van der Waals surface area contributed by atoms with Crippen LogP contribution >= 0.6 is 0 Å². The van der Waals surface area contributed by atoms with Crippen LogP contribution in [0.15, 0.2) is 24.3 Å². The average Bonchev–Trinajstić information content (AvgIpc) is 2.96. The first-order valence-electron chi connectivity index (χ1n) is 16.5. The predicted octanol–water partition coefficient (Wildman–Crippen LogP) is 9.09. The number of rotatable bonds is 17. The summed E-state index contributed by atoms with van der Waals surface area (Å²) in [4.78, 5) is 11.5. The SMILES string of the molecule is CCCCCc1ccc(CCCCC2CCC(C3CCC(C(CCO)CCOC(=O)CC)CC3)CC2)cc1. The number of ether oxygens (including phenoxy) is 1. The number of carbonyl (C=O) groups is 1. The summed E-state index contributed by atoms with van der Waals surface area (Å²) in [6.45, 7) is 4.89. The van der Waals surface area contributed by atoms with Gasteiger partial charge in [0.1, 0.15) is 0 Å². The van der Waals surface area contributed by atoms with E-state index in [9.17, 15) is 9.90 Å². The maximum absolute atomic E-state index is 11.5. The molecule has 3 nitrogen and oxygen atoms in total. The van der Waals surface area contributed by atoms with Crippen molar-refractivity contribution in [3.05, 3.63) is 35.4 Å². The zero-order valence-corrected chi connectivity index (χ0v) is 24.8. The third-order valence-corrected chi connectivity index (χ3v) is 10.0. The van der Waals surface area contributed by atoms with Crippen LogP contribution in [0.2, 0.25) is 0 Å². The molecule has 38 heavy (non-hydrogen) atoms. The molecule has 1 aromatic rings. The normalized spacial score (nSPS) is 24.7. The van der Waals surface area contributed by atoms with E-state index in [1.54, 1.807) is 0 Å². The maximum Gasteiger partial charge on any atom is 0.305 e. The second-order valence-corrected chi connectivity index (χ2v) is 12.6. The summed E-state index contributed by atoms with van der Waals surface area (Å²) < 4.78 is 5.34. The Kier molecular flexibility index (Phi) is 14.8. The lowest BCUT2D eigenvalue weighted by Gasteiger charge is -2.40. The molecule has 1 unspecified atom stereocenters. The molecule has 0 aromatic heterocycles. The van der Waals surface area contributed by atoms with Crippen molar-refractivity contribution in [1.29, 1.82) is 0 Å². The smallest absolute Gasteiger partial charge is 0.305 e. The van der Waals surface area contributed by atoms with Crippen LogP contribution in [0, 0.1) is 29.6 Å².